The van der Waals surface area contributed by atoms with Gasteiger partial charge in [0, 0.05) is 11.8 Å². The average Bonchev–Trinajstić information content (AvgIpc) is 3.02. The Bertz CT molecular complexity index is 698. The number of aromatic nitrogens is 1. The van der Waals surface area contributed by atoms with Gasteiger partial charge in [0.1, 0.15) is 0 Å². The Morgan fingerprint density at radius 2 is 2.05 bits per heavy atom. The first-order chi connectivity index (χ1) is 10.7. The number of hydrogen-bond acceptors (Lipinski definition) is 3. The molecule has 0 atom stereocenters. The van der Waals surface area contributed by atoms with Crippen molar-refractivity contribution < 1.29 is 9.59 Å². The van der Waals surface area contributed by atoms with Crippen molar-refractivity contribution in [1.29, 1.82) is 0 Å². The second kappa shape index (κ2) is 6.39. The van der Waals surface area contributed by atoms with Crippen molar-refractivity contribution in [3.8, 4) is 0 Å². The highest BCUT2D eigenvalue weighted by Gasteiger charge is 2.18. The summed E-state index contributed by atoms with van der Waals surface area (Å²) in [6.45, 7) is -0.0581. The topological polar surface area (TPSA) is 71.1 Å². The number of carbonyl (C=O) groups excluding carboxylic acids is 2. The lowest BCUT2D eigenvalue weighted by atomic mass is 10.0. The lowest BCUT2D eigenvalue weighted by Gasteiger charge is -2.09. The second-order valence-electron chi connectivity index (χ2n) is 5.27. The van der Waals surface area contributed by atoms with E-state index in [0.29, 0.717) is 11.3 Å². The van der Waals surface area contributed by atoms with Gasteiger partial charge in [0.05, 0.1) is 18.4 Å². The van der Waals surface area contributed by atoms with Gasteiger partial charge in [-0.1, -0.05) is 12.1 Å². The summed E-state index contributed by atoms with van der Waals surface area (Å²) in [6, 6.07) is 9.26. The average molecular weight is 295 g/mol. The van der Waals surface area contributed by atoms with Crippen molar-refractivity contribution in [3.05, 3.63) is 59.4 Å². The van der Waals surface area contributed by atoms with E-state index >= 15 is 0 Å². The molecule has 1 aliphatic carbocycles. The number of benzene rings is 1. The molecule has 0 radical (unpaired) electrons. The molecule has 5 heteroatoms. The summed E-state index contributed by atoms with van der Waals surface area (Å²) in [4.78, 5) is 28.0. The fraction of sp³-hybridized carbons (Fsp3) is 0.235. The van der Waals surface area contributed by atoms with Gasteiger partial charge >= 0.3 is 0 Å². The van der Waals surface area contributed by atoms with Crippen LogP contribution in [0, 0.1) is 0 Å². The summed E-state index contributed by atoms with van der Waals surface area (Å²) in [5.74, 6) is -0.464. The molecule has 1 aliphatic rings. The van der Waals surface area contributed by atoms with Crippen LogP contribution in [0.15, 0.2) is 42.7 Å². The highest BCUT2D eigenvalue weighted by atomic mass is 16.2. The molecular formula is C17H17N3O2. The van der Waals surface area contributed by atoms with E-state index < -0.39 is 0 Å². The third-order valence-electron chi connectivity index (χ3n) is 3.75. The van der Waals surface area contributed by atoms with Crippen molar-refractivity contribution in [3.63, 3.8) is 0 Å². The number of fused-ring (bicyclic) bond motifs is 1. The smallest absolute Gasteiger partial charge is 0.252 e. The molecule has 0 unspecified atom stereocenters. The second-order valence-corrected chi connectivity index (χ2v) is 5.27. The minimum Gasteiger partial charge on any atom is -0.343 e. The molecule has 2 aromatic rings. The predicted molar refractivity (Wildman–Crippen MR) is 83.7 cm³/mol. The predicted octanol–water partition coefficient (Wildman–Crippen LogP) is 1.94. The Hall–Kier alpha value is -2.69. The molecule has 3 rings (SSSR count). The summed E-state index contributed by atoms with van der Waals surface area (Å²) in [6.07, 6.45) is 6.23. The zero-order valence-electron chi connectivity index (χ0n) is 12.1. The SMILES string of the molecule is O=C(CNC(=O)c1cccc2c1CCC2)Nc1cccnc1. The third kappa shape index (κ3) is 3.14. The molecule has 5 nitrogen and oxygen atoms in total. The molecule has 22 heavy (non-hydrogen) atoms. The molecule has 0 fully saturated rings. The van der Waals surface area contributed by atoms with Crippen molar-refractivity contribution in [2.24, 2.45) is 0 Å². The molecule has 0 bridgehead atoms. The van der Waals surface area contributed by atoms with Crippen molar-refractivity contribution in [2.75, 3.05) is 11.9 Å². The van der Waals surface area contributed by atoms with Gasteiger partial charge in [0.15, 0.2) is 0 Å². The number of amides is 2. The van der Waals surface area contributed by atoms with Crippen LogP contribution in [-0.2, 0) is 17.6 Å². The van der Waals surface area contributed by atoms with Crippen LogP contribution in [0.5, 0.6) is 0 Å². The standard InChI is InChI=1S/C17H17N3O2/c21-16(20-13-6-3-9-18-10-13)11-19-17(22)15-8-2-5-12-4-1-7-14(12)15/h2-3,5-6,8-10H,1,4,7,11H2,(H,19,22)(H,20,21). The maximum absolute atomic E-state index is 12.3. The number of hydrogen-bond donors (Lipinski definition) is 2. The quantitative estimate of drug-likeness (QED) is 0.905. The highest BCUT2D eigenvalue weighted by Crippen LogP contribution is 2.25. The van der Waals surface area contributed by atoms with E-state index in [9.17, 15) is 9.59 Å². The van der Waals surface area contributed by atoms with Gasteiger partial charge in [-0.25, -0.2) is 0 Å². The van der Waals surface area contributed by atoms with Gasteiger partial charge in [-0.2, -0.15) is 0 Å². The van der Waals surface area contributed by atoms with Crippen LogP contribution in [-0.4, -0.2) is 23.3 Å². The Kier molecular flexibility index (Phi) is 4.14. The third-order valence-corrected chi connectivity index (χ3v) is 3.75. The number of carbonyl (C=O) groups is 2. The summed E-state index contributed by atoms with van der Waals surface area (Å²) in [5.41, 5.74) is 3.66. The van der Waals surface area contributed by atoms with Crippen molar-refractivity contribution in [1.82, 2.24) is 10.3 Å². The van der Waals surface area contributed by atoms with Gasteiger partial charge in [0.25, 0.3) is 5.91 Å². The molecular weight excluding hydrogens is 278 g/mol. The van der Waals surface area contributed by atoms with E-state index in [1.54, 1.807) is 24.5 Å². The number of anilines is 1. The fourth-order valence-electron chi connectivity index (χ4n) is 2.73. The molecule has 1 heterocycles. The van der Waals surface area contributed by atoms with E-state index in [-0.39, 0.29) is 18.4 Å². The van der Waals surface area contributed by atoms with E-state index in [4.69, 9.17) is 0 Å². The molecule has 0 saturated heterocycles. The number of rotatable bonds is 4. The molecule has 0 spiro atoms. The largest absolute Gasteiger partial charge is 0.343 e. The van der Waals surface area contributed by atoms with Crippen LogP contribution in [0.1, 0.15) is 27.9 Å². The van der Waals surface area contributed by atoms with Crippen LogP contribution in [0.25, 0.3) is 0 Å². The molecule has 0 aliphatic heterocycles. The van der Waals surface area contributed by atoms with Crippen LogP contribution < -0.4 is 10.6 Å². The van der Waals surface area contributed by atoms with E-state index in [1.807, 2.05) is 12.1 Å². The summed E-state index contributed by atoms with van der Waals surface area (Å²) < 4.78 is 0. The highest BCUT2D eigenvalue weighted by molar-refractivity contribution is 6.00. The Labute approximate surface area is 128 Å². The number of pyridine rings is 1. The Morgan fingerprint density at radius 1 is 1.14 bits per heavy atom. The van der Waals surface area contributed by atoms with Crippen LogP contribution >= 0.6 is 0 Å². The van der Waals surface area contributed by atoms with Gasteiger partial charge in [0.2, 0.25) is 5.91 Å². The van der Waals surface area contributed by atoms with Gasteiger partial charge in [-0.3, -0.25) is 14.6 Å². The normalized spacial score (nSPS) is 12.5. The zero-order valence-corrected chi connectivity index (χ0v) is 12.1. The Balaban J connectivity index is 1.59. The first kappa shape index (κ1) is 14.3. The lowest BCUT2D eigenvalue weighted by molar-refractivity contribution is -0.115. The summed E-state index contributed by atoms with van der Waals surface area (Å²) >= 11 is 0. The number of nitrogens with zero attached hydrogens (tertiary/aromatic N) is 1. The summed E-state index contributed by atoms with van der Waals surface area (Å²) in [7, 11) is 0. The fourth-order valence-corrected chi connectivity index (χ4v) is 2.73. The maximum atomic E-state index is 12.3. The van der Waals surface area contributed by atoms with Crippen LogP contribution in [0.2, 0.25) is 0 Å². The molecule has 2 amide bonds. The molecule has 112 valence electrons. The number of aryl methyl sites for hydroxylation is 1. The van der Waals surface area contributed by atoms with E-state index in [1.165, 1.54) is 5.56 Å². The first-order valence-corrected chi connectivity index (χ1v) is 7.33. The summed E-state index contributed by atoms with van der Waals surface area (Å²) in [5, 5.41) is 5.36. The van der Waals surface area contributed by atoms with Crippen LogP contribution in [0.3, 0.4) is 0 Å². The monoisotopic (exact) mass is 295 g/mol. The van der Waals surface area contributed by atoms with E-state index in [2.05, 4.69) is 21.7 Å². The molecule has 1 aromatic carbocycles. The maximum Gasteiger partial charge on any atom is 0.252 e. The van der Waals surface area contributed by atoms with Gasteiger partial charge in [-0.05, 0) is 48.6 Å². The van der Waals surface area contributed by atoms with Gasteiger partial charge in [-0.15, -0.1) is 0 Å². The van der Waals surface area contributed by atoms with Crippen molar-refractivity contribution in [2.45, 2.75) is 19.3 Å². The lowest BCUT2D eigenvalue weighted by Crippen LogP contribution is -2.33. The number of nitrogens with one attached hydrogen (secondary N) is 2. The zero-order chi connectivity index (χ0) is 15.4. The molecule has 2 N–H and O–H groups in total. The van der Waals surface area contributed by atoms with Gasteiger partial charge < -0.3 is 10.6 Å². The minimum atomic E-state index is -0.270. The Morgan fingerprint density at radius 3 is 2.86 bits per heavy atom. The molecule has 0 saturated carbocycles. The molecule has 1 aromatic heterocycles. The van der Waals surface area contributed by atoms with Crippen molar-refractivity contribution >= 4 is 17.5 Å². The first-order valence-electron chi connectivity index (χ1n) is 7.33. The van der Waals surface area contributed by atoms with Crippen LogP contribution in [0.4, 0.5) is 5.69 Å². The van der Waals surface area contributed by atoms with E-state index in [0.717, 1.165) is 24.8 Å². The minimum absolute atomic E-state index is 0.0581.